The zero-order chi connectivity index (χ0) is 25.0. The number of hydrogen-bond acceptors (Lipinski definition) is 10. The normalized spacial score (nSPS) is 10.5. The molecule has 0 bridgehead atoms. The van der Waals surface area contributed by atoms with Crippen LogP contribution in [-0.4, -0.2) is 32.9 Å². The number of nitro benzene ring substituents is 4. The summed E-state index contributed by atoms with van der Waals surface area (Å²) in [5, 5.41) is 45.2. The molecule has 14 nitrogen and oxygen atoms in total. The van der Waals surface area contributed by atoms with Gasteiger partial charge in [0.1, 0.15) is 11.1 Å². The molecule has 0 radical (unpaired) electrons. The average Bonchev–Trinajstić information content (AvgIpc) is 2.70. The second kappa shape index (κ2) is 9.84. The molecular weight excluding hydrogens is 444 g/mol. The molecule has 0 N–H and O–H groups in total. The molecular formula is C19H20N4O10. The first kappa shape index (κ1) is 24.9. The van der Waals surface area contributed by atoms with Gasteiger partial charge in [-0.1, -0.05) is 0 Å². The van der Waals surface area contributed by atoms with Crippen molar-refractivity contribution in [2.75, 3.05) is 13.2 Å². The highest BCUT2D eigenvalue weighted by Crippen LogP contribution is 2.41. The fourth-order valence-electron chi connectivity index (χ4n) is 3.31. The lowest BCUT2D eigenvalue weighted by Gasteiger charge is -2.13. The SMILES string of the molecule is Cc1cc([N+](=O)[O-])c(C)c([N+](=O)[O-])c1OCCCOc1c(C)cc([N+](=O)[O-])c(C)c1[N+](=O)[O-]. The number of ether oxygens (including phenoxy) is 2. The summed E-state index contributed by atoms with van der Waals surface area (Å²) in [5.41, 5.74) is -1.70. The molecule has 0 aliphatic carbocycles. The van der Waals surface area contributed by atoms with E-state index in [1.165, 1.54) is 39.8 Å². The van der Waals surface area contributed by atoms with E-state index in [0.29, 0.717) is 0 Å². The van der Waals surface area contributed by atoms with E-state index in [-0.39, 0.29) is 53.4 Å². The molecule has 0 saturated carbocycles. The Morgan fingerprint density at radius 3 is 1.24 bits per heavy atom. The van der Waals surface area contributed by atoms with E-state index in [1.807, 2.05) is 0 Å². The number of benzene rings is 2. The van der Waals surface area contributed by atoms with Crippen LogP contribution in [0.2, 0.25) is 0 Å². The summed E-state index contributed by atoms with van der Waals surface area (Å²) >= 11 is 0. The summed E-state index contributed by atoms with van der Waals surface area (Å²) in [6, 6.07) is 2.36. The lowest BCUT2D eigenvalue weighted by molar-refractivity contribution is -0.396. The van der Waals surface area contributed by atoms with E-state index < -0.39 is 42.4 Å². The minimum absolute atomic E-state index is 0.0856. The van der Waals surface area contributed by atoms with Gasteiger partial charge in [0.05, 0.1) is 32.9 Å². The van der Waals surface area contributed by atoms with Crippen LogP contribution >= 0.6 is 0 Å². The predicted octanol–water partition coefficient (Wildman–Crippen LogP) is 4.40. The van der Waals surface area contributed by atoms with Gasteiger partial charge < -0.3 is 9.47 Å². The van der Waals surface area contributed by atoms with Crippen molar-refractivity contribution >= 4 is 22.7 Å². The summed E-state index contributed by atoms with van der Waals surface area (Å²) in [6.07, 6.45) is 0.152. The van der Waals surface area contributed by atoms with Crippen molar-refractivity contribution in [1.82, 2.24) is 0 Å². The van der Waals surface area contributed by atoms with Gasteiger partial charge in [0.2, 0.25) is 11.5 Å². The van der Waals surface area contributed by atoms with Crippen LogP contribution in [-0.2, 0) is 0 Å². The van der Waals surface area contributed by atoms with Crippen LogP contribution in [0, 0.1) is 68.2 Å². The highest BCUT2D eigenvalue weighted by molar-refractivity contribution is 5.65. The maximum atomic E-state index is 11.5. The van der Waals surface area contributed by atoms with Crippen LogP contribution in [0.3, 0.4) is 0 Å². The van der Waals surface area contributed by atoms with Crippen LogP contribution in [0.4, 0.5) is 22.7 Å². The summed E-state index contributed by atoms with van der Waals surface area (Å²) in [6.45, 7) is 5.22. The van der Waals surface area contributed by atoms with Gasteiger partial charge in [-0.05, 0) is 27.7 Å². The van der Waals surface area contributed by atoms with Gasteiger partial charge in [-0.3, -0.25) is 40.5 Å². The second-order valence-electron chi connectivity index (χ2n) is 7.11. The van der Waals surface area contributed by atoms with Crippen LogP contribution in [0.25, 0.3) is 0 Å². The lowest BCUT2D eigenvalue weighted by atomic mass is 10.1. The van der Waals surface area contributed by atoms with Gasteiger partial charge in [0.15, 0.2) is 0 Å². The minimum Gasteiger partial charge on any atom is -0.486 e. The molecule has 0 aliphatic heterocycles. The topological polar surface area (TPSA) is 191 Å². The molecule has 0 amide bonds. The largest absolute Gasteiger partial charge is 0.486 e. The number of hydrogen-bond donors (Lipinski definition) is 0. The monoisotopic (exact) mass is 464 g/mol. The Morgan fingerprint density at radius 2 is 0.970 bits per heavy atom. The summed E-state index contributed by atoms with van der Waals surface area (Å²) in [5.74, 6) is -0.229. The van der Waals surface area contributed by atoms with Gasteiger partial charge in [-0.25, -0.2) is 0 Å². The Morgan fingerprint density at radius 1 is 0.636 bits per heavy atom. The second-order valence-corrected chi connectivity index (χ2v) is 7.11. The first-order valence-corrected chi connectivity index (χ1v) is 9.50. The molecule has 2 rings (SSSR count). The van der Waals surface area contributed by atoms with Crippen molar-refractivity contribution < 1.29 is 29.2 Å². The zero-order valence-corrected chi connectivity index (χ0v) is 18.1. The van der Waals surface area contributed by atoms with E-state index in [4.69, 9.17) is 9.47 Å². The van der Waals surface area contributed by atoms with Gasteiger partial charge in [-0.15, -0.1) is 0 Å². The van der Waals surface area contributed by atoms with Crippen molar-refractivity contribution in [2.45, 2.75) is 34.1 Å². The maximum Gasteiger partial charge on any atom is 0.320 e. The third kappa shape index (κ3) is 5.11. The first-order valence-electron chi connectivity index (χ1n) is 9.50. The molecule has 14 heteroatoms. The smallest absolute Gasteiger partial charge is 0.320 e. The van der Waals surface area contributed by atoms with Crippen LogP contribution in [0.1, 0.15) is 28.7 Å². The maximum absolute atomic E-state index is 11.5. The van der Waals surface area contributed by atoms with Crippen molar-refractivity contribution in [3.05, 3.63) is 74.8 Å². The Hall–Kier alpha value is -4.36. The molecule has 0 heterocycles. The number of nitrogens with zero attached hydrogens (tertiary/aromatic N) is 4. The quantitative estimate of drug-likeness (QED) is 0.276. The van der Waals surface area contributed by atoms with Gasteiger partial charge in [-0.2, -0.15) is 0 Å². The fraction of sp³-hybridized carbons (Fsp3) is 0.368. The van der Waals surface area contributed by atoms with Crippen molar-refractivity contribution in [3.8, 4) is 11.5 Å². The number of aryl methyl sites for hydroxylation is 2. The van der Waals surface area contributed by atoms with Crippen molar-refractivity contribution in [3.63, 3.8) is 0 Å². The van der Waals surface area contributed by atoms with Crippen LogP contribution < -0.4 is 9.47 Å². The molecule has 0 aliphatic rings. The summed E-state index contributed by atoms with van der Waals surface area (Å²) < 4.78 is 11.0. The summed E-state index contributed by atoms with van der Waals surface area (Å²) in [7, 11) is 0. The molecule has 33 heavy (non-hydrogen) atoms. The molecule has 0 saturated heterocycles. The van der Waals surface area contributed by atoms with Gasteiger partial charge in [0.25, 0.3) is 11.4 Å². The molecule has 0 fully saturated rings. The molecule has 176 valence electrons. The molecule has 2 aromatic carbocycles. The molecule has 0 atom stereocenters. The highest BCUT2D eigenvalue weighted by Gasteiger charge is 2.30. The van der Waals surface area contributed by atoms with Gasteiger partial charge in [0, 0.05) is 29.7 Å². The number of rotatable bonds is 10. The van der Waals surface area contributed by atoms with Crippen molar-refractivity contribution in [1.29, 1.82) is 0 Å². The third-order valence-electron chi connectivity index (χ3n) is 4.87. The van der Waals surface area contributed by atoms with Crippen molar-refractivity contribution in [2.24, 2.45) is 0 Å². The van der Waals surface area contributed by atoms with Crippen LogP contribution in [0.15, 0.2) is 12.1 Å². The van der Waals surface area contributed by atoms with E-state index in [9.17, 15) is 40.5 Å². The molecule has 0 spiro atoms. The Labute approximate surface area is 186 Å². The zero-order valence-electron chi connectivity index (χ0n) is 18.1. The van der Waals surface area contributed by atoms with E-state index in [2.05, 4.69) is 0 Å². The van der Waals surface area contributed by atoms with E-state index >= 15 is 0 Å². The summed E-state index contributed by atoms with van der Waals surface area (Å²) in [4.78, 5) is 42.2. The first-order chi connectivity index (χ1) is 15.4. The fourth-order valence-corrected chi connectivity index (χ4v) is 3.31. The minimum atomic E-state index is -0.756. The third-order valence-corrected chi connectivity index (χ3v) is 4.87. The molecule has 2 aromatic rings. The van der Waals surface area contributed by atoms with E-state index in [0.717, 1.165) is 0 Å². The molecule has 0 aromatic heterocycles. The standard InChI is InChI=1S/C19H20N4O10/c1-10-8-14(20(24)25)12(3)16(22(28)29)18(10)32-6-5-7-33-19-11(2)9-15(21(26)27)13(4)17(19)23(30)31/h8-9H,5-7H2,1-4H3. The molecule has 0 unspecified atom stereocenters. The Bertz CT molecular complexity index is 1070. The number of nitro groups is 4. The van der Waals surface area contributed by atoms with E-state index in [1.54, 1.807) is 0 Å². The Kier molecular flexibility index (Phi) is 7.43. The van der Waals surface area contributed by atoms with Gasteiger partial charge >= 0.3 is 11.4 Å². The average molecular weight is 464 g/mol. The Balaban J connectivity index is 2.18. The lowest BCUT2D eigenvalue weighted by Crippen LogP contribution is -2.10. The highest BCUT2D eigenvalue weighted by atomic mass is 16.6. The van der Waals surface area contributed by atoms with Crippen LogP contribution in [0.5, 0.6) is 11.5 Å². The predicted molar refractivity (Wildman–Crippen MR) is 114 cm³/mol.